The number of nitrogens with zero attached hydrogens (tertiary/aromatic N) is 1. The monoisotopic (exact) mass is 659 g/mol. The number of rotatable bonds is 31. The number of esters is 2. The Labute approximate surface area is 275 Å². The molecule has 0 aromatic rings. The number of likely N-dealkylation sites (N-methyl/N-ethyl adjacent to an activating group) is 1. The molecule has 0 N–H and O–H groups in total. The van der Waals surface area contributed by atoms with Gasteiger partial charge in [-0.2, -0.15) is 0 Å². The van der Waals surface area contributed by atoms with E-state index < -0.39 is 32.5 Å². The Morgan fingerprint density at radius 2 is 1.20 bits per heavy atom. The van der Waals surface area contributed by atoms with Crippen molar-refractivity contribution in [1.82, 2.24) is 0 Å². The van der Waals surface area contributed by atoms with Crippen LogP contribution in [0.4, 0.5) is 0 Å². The summed E-state index contributed by atoms with van der Waals surface area (Å²) in [7, 11) is 1.15. The minimum absolute atomic E-state index is 0.0329. The van der Waals surface area contributed by atoms with Crippen LogP contribution in [0.25, 0.3) is 0 Å². The number of allylic oxidation sites excluding steroid dienone is 4. The summed E-state index contributed by atoms with van der Waals surface area (Å²) < 4.78 is 33.5. The molecule has 0 radical (unpaired) electrons. The molecule has 264 valence electrons. The lowest BCUT2D eigenvalue weighted by Crippen LogP contribution is -2.37. The van der Waals surface area contributed by atoms with Gasteiger partial charge in [0, 0.05) is 12.8 Å². The molecule has 0 aromatic carbocycles. The highest BCUT2D eigenvalue weighted by molar-refractivity contribution is 7.45. The summed E-state index contributed by atoms with van der Waals surface area (Å²) in [6.45, 7) is 4.08. The molecule has 0 bridgehead atoms. The molecule has 10 heteroatoms. The first kappa shape index (κ1) is 43.5. The van der Waals surface area contributed by atoms with Crippen LogP contribution in [0, 0.1) is 0 Å². The first-order valence-corrected chi connectivity index (χ1v) is 19.0. The number of carbonyl (C=O) groups is 2. The van der Waals surface area contributed by atoms with Gasteiger partial charge in [-0.25, -0.2) is 0 Å². The van der Waals surface area contributed by atoms with Gasteiger partial charge < -0.3 is 27.9 Å². The SMILES string of the molecule is CCCCC/C=C\C/C=C\CCCCCCCC(=O)OC(COC(=O)CCCCCCCC)COP(=O)([O-])OCC[N+](C)(C)C. The van der Waals surface area contributed by atoms with Crippen LogP contribution in [0.2, 0.25) is 0 Å². The lowest BCUT2D eigenvalue weighted by molar-refractivity contribution is -0.870. The molecule has 0 fully saturated rings. The van der Waals surface area contributed by atoms with Crippen molar-refractivity contribution >= 4 is 19.8 Å². The van der Waals surface area contributed by atoms with Crippen molar-refractivity contribution in [3.8, 4) is 0 Å². The second-order valence-corrected chi connectivity index (χ2v) is 14.3. The van der Waals surface area contributed by atoms with Gasteiger partial charge in [0.2, 0.25) is 0 Å². The number of phosphoric ester groups is 1. The third kappa shape index (κ3) is 32.2. The van der Waals surface area contributed by atoms with Crippen LogP contribution in [0.5, 0.6) is 0 Å². The molecule has 0 aliphatic heterocycles. The molecule has 0 aromatic heterocycles. The average molecular weight is 660 g/mol. The lowest BCUT2D eigenvalue weighted by atomic mass is 10.1. The van der Waals surface area contributed by atoms with E-state index >= 15 is 0 Å². The molecular formula is C35H66NO8P. The van der Waals surface area contributed by atoms with Gasteiger partial charge in [0.15, 0.2) is 6.10 Å². The van der Waals surface area contributed by atoms with E-state index in [-0.39, 0.29) is 26.1 Å². The van der Waals surface area contributed by atoms with E-state index in [0.717, 1.165) is 70.6 Å². The zero-order valence-corrected chi connectivity index (χ0v) is 30.2. The minimum Gasteiger partial charge on any atom is -0.756 e. The highest BCUT2D eigenvalue weighted by Crippen LogP contribution is 2.38. The van der Waals surface area contributed by atoms with Crippen LogP contribution in [-0.2, 0) is 32.7 Å². The Morgan fingerprint density at radius 1 is 0.689 bits per heavy atom. The van der Waals surface area contributed by atoms with Gasteiger partial charge >= 0.3 is 11.9 Å². The molecule has 0 saturated carbocycles. The van der Waals surface area contributed by atoms with Crippen LogP contribution in [0.3, 0.4) is 0 Å². The zero-order chi connectivity index (χ0) is 33.7. The molecule has 2 atom stereocenters. The molecule has 0 rings (SSSR count). The van der Waals surface area contributed by atoms with Gasteiger partial charge in [0.05, 0.1) is 27.7 Å². The maximum atomic E-state index is 12.5. The Morgan fingerprint density at radius 3 is 1.80 bits per heavy atom. The number of unbranched alkanes of at least 4 members (excludes halogenated alkanes) is 13. The first-order chi connectivity index (χ1) is 21.5. The van der Waals surface area contributed by atoms with E-state index in [2.05, 4.69) is 38.2 Å². The van der Waals surface area contributed by atoms with Crippen LogP contribution in [-0.4, -0.2) is 70.0 Å². The number of carbonyl (C=O) groups excluding carboxylic acids is 2. The summed E-state index contributed by atoms with van der Waals surface area (Å²) in [4.78, 5) is 37.0. The second kappa shape index (κ2) is 28.7. The molecular weight excluding hydrogens is 593 g/mol. The van der Waals surface area contributed by atoms with E-state index in [1.54, 1.807) is 0 Å². The summed E-state index contributed by atoms with van der Waals surface area (Å²) in [6, 6.07) is 0. The zero-order valence-electron chi connectivity index (χ0n) is 29.3. The predicted octanol–water partition coefficient (Wildman–Crippen LogP) is 8.21. The summed E-state index contributed by atoms with van der Waals surface area (Å²) in [5.74, 6) is -0.863. The maximum Gasteiger partial charge on any atom is 0.306 e. The standard InChI is InChI=1S/C35H66NO8P/c1-6-8-10-12-14-15-16-17-18-19-20-21-22-24-26-28-35(38)44-33(31-41-34(37)27-25-23-13-11-9-7-2)32-43-45(39,40)42-30-29-36(3,4)5/h14-15,17-18,33H,6-13,16,19-32H2,1-5H3/b15-14-,18-17-. The Hall–Kier alpha value is -1.51. The predicted molar refractivity (Wildman–Crippen MR) is 181 cm³/mol. The van der Waals surface area contributed by atoms with E-state index in [4.69, 9.17) is 18.5 Å². The Bertz CT molecular complexity index is 840. The second-order valence-electron chi connectivity index (χ2n) is 12.9. The number of quaternary nitrogens is 1. The highest BCUT2D eigenvalue weighted by atomic mass is 31.2. The number of phosphoric acid groups is 1. The molecule has 45 heavy (non-hydrogen) atoms. The minimum atomic E-state index is -4.61. The van der Waals surface area contributed by atoms with Gasteiger partial charge in [-0.3, -0.25) is 14.2 Å². The fraction of sp³-hybridized carbons (Fsp3) is 0.829. The molecule has 0 saturated heterocycles. The van der Waals surface area contributed by atoms with E-state index in [0.29, 0.717) is 17.4 Å². The van der Waals surface area contributed by atoms with Crippen LogP contribution < -0.4 is 4.89 Å². The topological polar surface area (TPSA) is 111 Å². The largest absolute Gasteiger partial charge is 0.756 e. The van der Waals surface area contributed by atoms with Crippen molar-refractivity contribution in [2.45, 2.75) is 142 Å². The lowest BCUT2D eigenvalue weighted by Gasteiger charge is -2.28. The van der Waals surface area contributed by atoms with Crippen molar-refractivity contribution in [3.05, 3.63) is 24.3 Å². The summed E-state index contributed by atoms with van der Waals surface area (Å²) in [6.07, 6.45) is 26.6. The Kier molecular flexibility index (Phi) is 27.7. The third-order valence-electron chi connectivity index (χ3n) is 7.22. The molecule has 9 nitrogen and oxygen atoms in total. The van der Waals surface area contributed by atoms with E-state index in [9.17, 15) is 19.0 Å². The fourth-order valence-electron chi connectivity index (χ4n) is 4.39. The van der Waals surface area contributed by atoms with Gasteiger partial charge in [-0.05, 0) is 44.9 Å². The van der Waals surface area contributed by atoms with Crippen LogP contribution >= 0.6 is 7.82 Å². The van der Waals surface area contributed by atoms with E-state index in [1.165, 1.54) is 32.1 Å². The van der Waals surface area contributed by atoms with Crippen molar-refractivity contribution in [2.75, 3.05) is 47.5 Å². The quantitative estimate of drug-likeness (QED) is 0.0241. The van der Waals surface area contributed by atoms with Gasteiger partial charge in [-0.15, -0.1) is 0 Å². The number of ether oxygens (including phenoxy) is 2. The normalized spacial score (nSPS) is 14.2. The maximum absolute atomic E-state index is 12.5. The van der Waals surface area contributed by atoms with Crippen molar-refractivity contribution < 1.29 is 42.1 Å². The average Bonchev–Trinajstić information content (AvgIpc) is 2.97. The number of hydrogen-bond acceptors (Lipinski definition) is 8. The summed E-state index contributed by atoms with van der Waals surface area (Å²) in [5, 5.41) is 0. The first-order valence-electron chi connectivity index (χ1n) is 17.5. The van der Waals surface area contributed by atoms with Crippen molar-refractivity contribution in [3.63, 3.8) is 0 Å². The fourth-order valence-corrected chi connectivity index (χ4v) is 5.12. The summed E-state index contributed by atoms with van der Waals surface area (Å²) in [5.41, 5.74) is 0. The molecule has 0 amide bonds. The third-order valence-corrected chi connectivity index (χ3v) is 8.19. The Balaban J connectivity index is 4.44. The molecule has 2 unspecified atom stereocenters. The van der Waals surface area contributed by atoms with E-state index in [1.807, 2.05) is 21.1 Å². The van der Waals surface area contributed by atoms with Crippen LogP contribution in [0.1, 0.15) is 136 Å². The van der Waals surface area contributed by atoms with Crippen LogP contribution in [0.15, 0.2) is 24.3 Å². The van der Waals surface area contributed by atoms with Crippen molar-refractivity contribution in [2.24, 2.45) is 0 Å². The molecule has 0 heterocycles. The van der Waals surface area contributed by atoms with Gasteiger partial charge in [0.25, 0.3) is 7.82 Å². The molecule has 0 spiro atoms. The van der Waals surface area contributed by atoms with Gasteiger partial charge in [0.1, 0.15) is 19.8 Å². The molecule has 0 aliphatic carbocycles. The van der Waals surface area contributed by atoms with Gasteiger partial charge in [-0.1, -0.05) is 102 Å². The van der Waals surface area contributed by atoms with Crippen molar-refractivity contribution in [1.29, 1.82) is 0 Å². The molecule has 0 aliphatic rings. The smallest absolute Gasteiger partial charge is 0.306 e. The number of hydrogen-bond donors (Lipinski definition) is 0. The summed E-state index contributed by atoms with van der Waals surface area (Å²) >= 11 is 0. The highest BCUT2D eigenvalue weighted by Gasteiger charge is 2.21.